The Labute approximate surface area is 86.5 Å². The molecule has 0 bridgehead atoms. The fourth-order valence-corrected chi connectivity index (χ4v) is 0.110. The summed E-state index contributed by atoms with van der Waals surface area (Å²) in [5, 5.41) is 26.2. The van der Waals surface area contributed by atoms with Gasteiger partial charge in [0.1, 0.15) is 0 Å². The first-order valence-electron chi connectivity index (χ1n) is 4.36. The highest BCUT2D eigenvalue weighted by atomic mass is 16.5. The smallest absolute Gasteiger partial charge is 0.503 e. The number of hydrogen-bond donors (Lipinski definition) is 3. The van der Waals surface area contributed by atoms with Crippen LogP contribution in [-0.4, -0.2) is 34.1 Å². The van der Waals surface area contributed by atoms with Crippen molar-refractivity contribution in [3.63, 3.8) is 0 Å². The molecule has 0 rings (SSSR count). The second kappa shape index (κ2) is 6.06. The molecule has 0 saturated heterocycles. The van der Waals surface area contributed by atoms with Gasteiger partial charge in [0.05, 0.1) is 17.0 Å². The minimum atomic E-state index is -1.01. The van der Waals surface area contributed by atoms with Crippen molar-refractivity contribution in [2.45, 2.75) is 45.8 Å². The minimum Gasteiger partial charge on any atom is -0.543 e. The van der Waals surface area contributed by atoms with E-state index < -0.39 is 11.2 Å². The number of allylic oxidation sites excluding steroid dienone is 1. The van der Waals surface area contributed by atoms with Gasteiger partial charge in [-0.05, 0) is 34.6 Å². The summed E-state index contributed by atoms with van der Waals surface area (Å²) < 4.78 is 4.40. The Kier molecular flexibility index (Phi) is 6.90. The third-order valence-corrected chi connectivity index (χ3v) is 1.81. The molecule has 5 heteroatoms. The zero-order valence-electron chi connectivity index (χ0n) is 9.66. The van der Waals surface area contributed by atoms with Gasteiger partial charge in [-0.1, -0.05) is 6.58 Å². The van der Waals surface area contributed by atoms with Gasteiger partial charge >= 0.3 is 7.69 Å². The highest BCUT2D eigenvalue weighted by molar-refractivity contribution is 6.16. The average Bonchev–Trinajstić information content (AvgIpc) is 1.82. The van der Waals surface area contributed by atoms with Gasteiger partial charge in [0, 0.05) is 0 Å². The molecule has 0 fully saturated rings. The largest absolute Gasteiger partial charge is 0.543 e. The maximum atomic E-state index is 9.10. The van der Waals surface area contributed by atoms with Crippen LogP contribution >= 0.6 is 0 Å². The van der Waals surface area contributed by atoms with E-state index in [1.165, 1.54) is 0 Å². The number of rotatable bonds is 3. The van der Waals surface area contributed by atoms with Crippen LogP contribution in [0.3, 0.4) is 0 Å². The SMILES string of the molecule is C=C(C)OBO.CC(C)(O)C(C)(C)O. The second-order valence-electron chi connectivity index (χ2n) is 4.09. The van der Waals surface area contributed by atoms with Crippen LogP contribution in [-0.2, 0) is 4.65 Å². The van der Waals surface area contributed by atoms with Gasteiger partial charge in [0.2, 0.25) is 0 Å². The molecule has 14 heavy (non-hydrogen) atoms. The van der Waals surface area contributed by atoms with Crippen LogP contribution in [0.4, 0.5) is 0 Å². The van der Waals surface area contributed by atoms with E-state index >= 15 is 0 Å². The standard InChI is InChI=1S/C6H14O2.C3H7BO2/c1-5(2,7)6(3,4)8;1-3(2)6-4-5/h7-8H,1-4H3;4-5H,1H2,2H3. The van der Waals surface area contributed by atoms with Crippen molar-refractivity contribution in [2.24, 2.45) is 0 Å². The predicted octanol–water partition coefficient (Wildman–Crippen LogP) is 0.324. The lowest BCUT2D eigenvalue weighted by Gasteiger charge is -2.31. The van der Waals surface area contributed by atoms with E-state index in [-0.39, 0.29) is 7.69 Å². The molecule has 3 N–H and O–H groups in total. The second-order valence-corrected chi connectivity index (χ2v) is 4.09. The van der Waals surface area contributed by atoms with Crippen LogP contribution in [0.5, 0.6) is 0 Å². The summed E-state index contributed by atoms with van der Waals surface area (Å²) in [5.41, 5.74) is -2.01. The Balaban J connectivity index is 0. The quantitative estimate of drug-likeness (QED) is 0.457. The summed E-state index contributed by atoms with van der Waals surface area (Å²) in [7, 11) is -0.269. The highest BCUT2D eigenvalue weighted by Gasteiger charge is 2.31. The van der Waals surface area contributed by atoms with Crippen molar-refractivity contribution in [1.29, 1.82) is 0 Å². The van der Waals surface area contributed by atoms with E-state index in [1.54, 1.807) is 34.6 Å². The van der Waals surface area contributed by atoms with E-state index in [1.807, 2.05) is 0 Å². The first-order chi connectivity index (χ1) is 6.02. The zero-order valence-corrected chi connectivity index (χ0v) is 9.66. The Morgan fingerprint density at radius 3 is 1.43 bits per heavy atom. The number of aliphatic hydroxyl groups is 2. The fourth-order valence-electron chi connectivity index (χ4n) is 0.110. The molecule has 0 aromatic rings. The molecule has 0 aliphatic carbocycles. The first kappa shape index (κ1) is 15.9. The normalized spacial score (nSPS) is 11.1. The molecule has 0 aromatic carbocycles. The van der Waals surface area contributed by atoms with Crippen molar-refractivity contribution in [1.82, 2.24) is 0 Å². The Morgan fingerprint density at radius 2 is 1.43 bits per heavy atom. The highest BCUT2D eigenvalue weighted by Crippen LogP contribution is 2.19. The molecule has 0 heterocycles. The van der Waals surface area contributed by atoms with Gasteiger partial charge in [-0.2, -0.15) is 0 Å². The maximum Gasteiger partial charge on any atom is 0.503 e. The lowest BCUT2D eigenvalue weighted by Crippen LogP contribution is -2.44. The lowest BCUT2D eigenvalue weighted by molar-refractivity contribution is -0.107. The van der Waals surface area contributed by atoms with E-state index in [2.05, 4.69) is 11.2 Å². The molecule has 84 valence electrons. The van der Waals surface area contributed by atoms with E-state index in [0.717, 1.165) is 0 Å². The van der Waals surface area contributed by atoms with E-state index in [4.69, 9.17) is 15.2 Å². The van der Waals surface area contributed by atoms with Gasteiger partial charge in [-0.25, -0.2) is 0 Å². The summed E-state index contributed by atoms with van der Waals surface area (Å²) in [5.74, 6) is 0.539. The summed E-state index contributed by atoms with van der Waals surface area (Å²) in [6.45, 7) is 11.3. The van der Waals surface area contributed by atoms with Crippen LogP contribution < -0.4 is 0 Å². The molecule has 0 spiro atoms. The third kappa shape index (κ3) is 9.57. The van der Waals surface area contributed by atoms with Crippen molar-refractivity contribution in [2.75, 3.05) is 0 Å². The predicted molar refractivity (Wildman–Crippen MR) is 57.9 cm³/mol. The lowest BCUT2D eigenvalue weighted by atomic mass is 9.90. The Hall–Kier alpha value is -0.515. The molecule has 0 unspecified atom stereocenters. The van der Waals surface area contributed by atoms with Crippen LogP contribution in [0, 0.1) is 0 Å². The molecule has 0 aliphatic heterocycles. The van der Waals surface area contributed by atoms with E-state index in [0.29, 0.717) is 5.76 Å². The van der Waals surface area contributed by atoms with Gasteiger partial charge in [-0.15, -0.1) is 0 Å². The van der Waals surface area contributed by atoms with Crippen molar-refractivity contribution < 1.29 is 19.9 Å². The summed E-state index contributed by atoms with van der Waals surface area (Å²) >= 11 is 0. The Bertz CT molecular complexity index is 155. The van der Waals surface area contributed by atoms with E-state index in [9.17, 15) is 0 Å². The molecule has 4 nitrogen and oxygen atoms in total. The zero-order chi connectivity index (χ0) is 12.0. The van der Waals surface area contributed by atoms with Crippen molar-refractivity contribution in [3.8, 4) is 0 Å². The topological polar surface area (TPSA) is 69.9 Å². The summed E-state index contributed by atoms with van der Waals surface area (Å²) in [6, 6.07) is 0. The molecule has 0 atom stereocenters. The van der Waals surface area contributed by atoms with Crippen molar-refractivity contribution in [3.05, 3.63) is 12.3 Å². The van der Waals surface area contributed by atoms with Crippen LogP contribution in [0.1, 0.15) is 34.6 Å². The molecular weight excluding hydrogens is 183 g/mol. The van der Waals surface area contributed by atoms with Crippen LogP contribution in [0.25, 0.3) is 0 Å². The summed E-state index contributed by atoms with van der Waals surface area (Å²) in [4.78, 5) is 0. The summed E-state index contributed by atoms with van der Waals surface area (Å²) in [6.07, 6.45) is 0. The maximum absolute atomic E-state index is 9.10. The molecular formula is C9H21BO4. The monoisotopic (exact) mass is 204 g/mol. The fraction of sp³-hybridized carbons (Fsp3) is 0.778. The minimum absolute atomic E-state index is 0.269. The molecule has 0 aliphatic rings. The molecule has 0 amide bonds. The third-order valence-electron chi connectivity index (χ3n) is 1.81. The van der Waals surface area contributed by atoms with Gasteiger partial charge < -0.3 is 19.9 Å². The van der Waals surface area contributed by atoms with Gasteiger partial charge in [-0.3, -0.25) is 0 Å². The Morgan fingerprint density at radius 1 is 1.14 bits per heavy atom. The first-order valence-corrected chi connectivity index (χ1v) is 4.36. The molecule has 0 radical (unpaired) electrons. The molecule has 0 saturated carbocycles. The van der Waals surface area contributed by atoms with Gasteiger partial charge in [0.25, 0.3) is 0 Å². The van der Waals surface area contributed by atoms with Crippen molar-refractivity contribution >= 4 is 7.69 Å². The van der Waals surface area contributed by atoms with Gasteiger partial charge in [0.15, 0.2) is 0 Å². The number of hydrogen-bond acceptors (Lipinski definition) is 4. The van der Waals surface area contributed by atoms with Crippen LogP contribution in [0.15, 0.2) is 12.3 Å². The average molecular weight is 204 g/mol. The molecule has 0 aromatic heterocycles. The van der Waals surface area contributed by atoms with Crippen LogP contribution in [0.2, 0.25) is 0 Å².